The molecular formula is C13H15ClN3O+. The van der Waals surface area contributed by atoms with Crippen molar-refractivity contribution >= 4 is 23.2 Å². The van der Waals surface area contributed by atoms with E-state index < -0.39 is 0 Å². The van der Waals surface area contributed by atoms with Crippen molar-refractivity contribution < 1.29 is 9.36 Å². The average Bonchev–Trinajstić information content (AvgIpc) is 2.64. The Kier molecular flexibility index (Phi) is 3.39. The fourth-order valence-corrected chi connectivity index (χ4v) is 1.95. The Bertz CT molecular complexity index is 585. The molecule has 0 atom stereocenters. The molecule has 0 fully saturated rings. The van der Waals surface area contributed by atoms with Crippen LogP contribution >= 0.6 is 11.6 Å². The number of rotatable bonds is 2. The van der Waals surface area contributed by atoms with Gasteiger partial charge in [0.05, 0.1) is 14.1 Å². The molecule has 0 bridgehead atoms. The van der Waals surface area contributed by atoms with Gasteiger partial charge in [-0.25, -0.2) is 9.13 Å². The lowest BCUT2D eigenvalue weighted by Crippen LogP contribution is -2.37. The first kappa shape index (κ1) is 12.6. The van der Waals surface area contributed by atoms with Gasteiger partial charge in [-0.15, -0.1) is 0 Å². The first-order valence-corrected chi connectivity index (χ1v) is 5.95. The number of hydrogen-bond acceptors (Lipinski definition) is 1. The van der Waals surface area contributed by atoms with E-state index in [1.807, 2.05) is 45.5 Å². The molecule has 5 heteroatoms. The normalized spacial score (nSPS) is 10.4. The molecule has 1 N–H and O–H groups in total. The zero-order valence-corrected chi connectivity index (χ0v) is 11.3. The molecule has 18 heavy (non-hydrogen) atoms. The van der Waals surface area contributed by atoms with Crippen molar-refractivity contribution in [2.24, 2.45) is 14.1 Å². The van der Waals surface area contributed by atoms with E-state index in [0.29, 0.717) is 16.5 Å². The highest BCUT2D eigenvalue weighted by molar-refractivity contribution is 6.31. The summed E-state index contributed by atoms with van der Waals surface area (Å²) >= 11 is 6.02. The smallest absolute Gasteiger partial charge is 0.315 e. The molecule has 2 aromatic rings. The molecule has 0 radical (unpaired) electrons. The van der Waals surface area contributed by atoms with Gasteiger partial charge in [-0.3, -0.25) is 4.79 Å². The zero-order valence-electron chi connectivity index (χ0n) is 10.6. The molecular weight excluding hydrogens is 250 g/mol. The van der Waals surface area contributed by atoms with E-state index in [1.54, 1.807) is 15.2 Å². The molecule has 1 amide bonds. The van der Waals surface area contributed by atoms with Crippen LogP contribution in [0.15, 0.2) is 30.6 Å². The van der Waals surface area contributed by atoms with Gasteiger partial charge in [0.25, 0.3) is 0 Å². The summed E-state index contributed by atoms with van der Waals surface area (Å²) in [6.07, 6.45) is 3.66. The maximum atomic E-state index is 12.1. The van der Waals surface area contributed by atoms with E-state index in [1.165, 1.54) is 0 Å². The number of aryl methyl sites for hydroxylation is 3. The van der Waals surface area contributed by atoms with Crippen LogP contribution < -0.4 is 9.88 Å². The molecule has 94 valence electrons. The Hall–Kier alpha value is -1.81. The number of halogens is 1. The summed E-state index contributed by atoms with van der Waals surface area (Å²) in [7, 11) is 3.66. The molecule has 1 heterocycles. The molecule has 0 unspecified atom stereocenters. The Morgan fingerprint density at radius 1 is 1.44 bits per heavy atom. The third-order valence-corrected chi connectivity index (χ3v) is 3.22. The van der Waals surface area contributed by atoms with E-state index in [-0.39, 0.29) is 5.91 Å². The maximum Gasteiger partial charge on any atom is 0.347 e. The topological polar surface area (TPSA) is 37.9 Å². The molecule has 0 aliphatic carbocycles. The number of carbonyl (C=O) groups excluding carboxylic acids is 1. The van der Waals surface area contributed by atoms with Crippen LogP contribution in [-0.4, -0.2) is 10.5 Å². The van der Waals surface area contributed by atoms with Crippen LogP contribution in [0.4, 0.5) is 5.69 Å². The van der Waals surface area contributed by atoms with Crippen LogP contribution in [0.5, 0.6) is 0 Å². The van der Waals surface area contributed by atoms with Crippen molar-refractivity contribution in [1.29, 1.82) is 0 Å². The number of nitrogens with zero attached hydrogens (tertiary/aromatic N) is 2. The predicted octanol–water partition coefficient (Wildman–Crippen LogP) is 2.06. The first-order valence-electron chi connectivity index (χ1n) is 5.57. The number of hydrogen-bond donors (Lipinski definition) is 1. The minimum atomic E-state index is -0.162. The number of amides is 1. The monoisotopic (exact) mass is 264 g/mol. The maximum absolute atomic E-state index is 12.1. The van der Waals surface area contributed by atoms with Gasteiger partial charge in [0.2, 0.25) is 0 Å². The molecule has 0 spiro atoms. The van der Waals surface area contributed by atoms with Crippen molar-refractivity contribution in [2.45, 2.75) is 6.92 Å². The van der Waals surface area contributed by atoms with Crippen LogP contribution in [-0.2, 0) is 14.1 Å². The number of benzene rings is 1. The largest absolute Gasteiger partial charge is 0.347 e. The lowest BCUT2D eigenvalue weighted by Gasteiger charge is -2.05. The highest BCUT2D eigenvalue weighted by Gasteiger charge is 2.21. The minimum Gasteiger partial charge on any atom is -0.315 e. The Labute approximate surface area is 111 Å². The molecule has 0 aliphatic heterocycles. The Morgan fingerprint density at radius 2 is 2.17 bits per heavy atom. The number of carbonyl (C=O) groups is 1. The van der Waals surface area contributed by atoms with Gasteiger partial charge >= 0.3 is 11.7 Å². The molecule has 0 aliphatic rings. The lowest BCUT2D eigenvalue weighted by atomic mass is 10.2. The summed E-state index contributed by atoms with van der Waals surface area (Å²) in [5, 5.41) is 3.47. The SMILES string of the molecule is Cc1ccc(NC(=O)c2n(C)cc[n+]2C)cc1Cl. The summed E-state index contributed by atoms with van der Waals surface area (Å²) in [6.45, 7) is 1.92. The van der Waals surface area contributed by atoms with Gasteiger partial charge in [0, 0.05) is 10.7 Å². The fraction of sp³-hybridized carbons (Fsp3) is 0.231. The van der Waals surface area contributed by atoms with Crippen molar-refractivity contribution in [1.82, 2.24) is 4.57 Å². The summed E-state index contributed by atoms with van der Waals surface area (Å²) in [4.78, 5) is 12.1. The standard InChI is InChI=1S/C13H14ClN3O/c1-9-4-5-10(8-11(9)14)15-12(18)13-16(2)6-7-17(13)3/h4-8H,1-3H3/p+1. The van der Waals surface area contributed by atoms with Crippen LogP contribution in [0, 0.1) is 6.92 Å². The van der Waals surface area contributed by atoms with Crippen molar-refractivity contribution in [2.75, 3.05) is 5.32 Å². The molecule has 0 saturated carbocycles. The van der Waals surface area contributed by atoms with Gasteiger partial charge in [0.15, 0.2) is 0 Å². The first-order chi connectivity index (χ1) is 8.49. The van der Waals surface area contributed by atoms with Crippen molar-refractivity contribution in [3.8, 4) is 0 Å². The second-order valence-electron chi connectivity index (χ2n) is 4.26. The number of imidazole rings is 1. The summed E-state index contributed by atoms with van der Waals surface area (Å²) < 4.78 is 3.54. The molecule has 1 aromatic heterocycles. The van der Waals surface area contributed by atoms with E-state index >= 15 is 0 Å². The van der Waals surface area contributed by atoms with Crippen molar-refractivity contribution in [3.63, 3.8) is 0 Å². The van der Waals surface area contributed by atoms with Crippen LogP contribution in [0.2, 0.25) is 5.02 Å². The van der Waals surface area contributed by atoms with Gasteiger partial charge in [-0.05, 0) is 24.6 Å². The van der Waals surface area contributed by atoms with E-state index in [2.05, 4.69) is 5.32 Å². The second-order valence-corrected chi connectivity index (χ2v) is 4.67. The van der Waals surface area contributed by atoms with Gasteiger partial charge < -0.3 is 5.32 Å². The summed E-state index contributed by atoms with van der Waals surface area (Å²) in [5.74, 6) is 0.414. The third-order valence-electron chi connectivity index (χ3n) is 2.81. The summed E-state index contributed by atoms with van der Waals surface area (Å²) in [6, 6.07) is 5.46. The van der Waals surface area contributed by atoms with E-state index in [9.17, 15) is 4.79 Å². The van der Waals surface area contributed by atoms with Crippen LogP contribution in [0.3, 0.4) is 0 Å². The van der Waals surface area contributed by atoms with E-state index in [4.69, 9.17) is 11.6 Å². The average molecular weight is 265 g/mol. The van der Waals surface area contributed by atoms with Gasteiger partial charge in [-0.1, -0.05) is 17.7 Å². The quantitative estimate of drug-likeness (QED) is 0.829. The molecule has 0 saturated heterocycles. The Balaban J connectivity index is 2.24. The predicted molar refractivity (Wildman–Crippen MR) is 70.7 cm³/mol. The molecule has 1 aromatic carbocycles. The number of nitrogens with one attached hydrogen (secondary N) is 1. The third kappa shape index (κ3) is 2.38. The summed E-state index contributed by atoms with van der Waals surface area (Å²) in [5.41, 5.74) is 1.68. The highest BCUT2D eigenvalue weighted by atomic mass is 35.5. The van der Waals surface area contributed by atoms with E-state index in [0.717, 1.165) is 5.56 Å². The second kappa shape index (κ2) is 4.82. The lowest BCUT2D eigenvalue weighted by molar-refractivity contribution is -0.672. The highest BCUT2D eigenvalue weighted by Crippen LogP contribution is 2.20. The zero-order chi connectivity index (χ0) is 13.3. The van der Waals surface area contributed by atoms with Crippen LogP contribution in [0.1, 0.15) is 16.2 Å². The van der Waals surface area contributed by atoms with Gasteiger partial charge in [0.1, 0.15) is 12.4 Å². The number of aromatic nitrogens is 2. The van der Waals surface area contributed by atoms with Crippen LogP contribution in [0.25, 0.3) is 0 Å². The van der Waals surface area contributed by atoms with Crippen molar-refractivity contribution in [3.05, 3.63) is 47.0 Å². The Morgan fingerprint density at radius 3 is 2.72 bits per heavy atom. The minimum absolute atomic E-state index is 0.162. The fourth-order valence-electron chi connectivity index (χ4n) is 1.77. The molecule has 2 rings (SSSR count). The molecule has 4 nitrogen and oxygen atoms in total. The number of anilines is 1. The van der Waals surface area contributed by atoms with Gasteiger partial charge in [-0.2, -0.15) is 0 Å².